The van der Waals surface area contributed by atoms with E-state index in [-0.39, 0.29) is 6.04 Å². The zero-order valence-electron chi connectivity index (χ0n) is 7.08. The minimum atomic E-state index is -0.764. The summed E-state index contributed by atoms with van der Waals surface area (Å²) >= 11 is 0. The lowest BCUT2D eigenvalue weighted by atomic mass is 9.97. The van der Waals surface area contributed by atoms with Crippen LogP contribution in [0.4, 0.5) is 0 Å². The molecule has 2 heterocycles. The maximum Gasteiger partial charge on any atom is 0.332 e. The Kier molecular flexibility index (Phi) is 1.68. The molecule has 0 spiro atoms. The van der Waals surface area contributed by atoms with Crippen LogP contribution in [0.5, 0.6) is 0 Å². The minimum absolute atomic E-state index is 0.0984. The van der Waals surface area contributed by atoms with Crippen LogP contribution in [-0.2, 0) is 4.79 Å². The van der Waals surface area contributed by atoms with Gasteiger partial charge in [-0.1, -0.05) is 13.0 Å². The molecule has 2 bridgehead atoms. The van der Waals surface area contributed by atoms with Crippen molar-refractivity contribution in [2.75, 3.05) is 0 Å². The van der Waals surface area contributed by atoms with Gasteiger partial charge in [-0.2, -0.15) is 0 Å². The third-order valence-electron chi connectivity index (χ3n) is 2.84. The van der Waals surface area contributed by atoms with Crippen molar-refractivity contribution in [3.63, 3.8) is 0 Å². The zero-order chi connectivity index (χ0) is 8.72. The molecular weight excluding hydrogens is 154 g/mol. The minimum Gasteiger partial charge on any atom is -0.478 e. The molecule has 0 amide bonds. The van der Waals surface area contributed by atoms with Crippen molar-refractivity contribution in [2.24, 2.45) is 5.92 Å². The molecule has 2 aliphatic heterocycles. The average Bonchev–Trinajstić information content (AvgIpc) is 2.28. The van der Waals surface area contributed by atoms with Gasteiger partial charge in [-0.3, -0.25) is 0 Å². The fraction of sp³-hybridized carbons (Fsp3) is 0.667. The quantitative estimate of drug-likeness (QED) is 0.606. The van der Waals surface area contributed by atoms with Crippen LogP contribution in [0.2, 0.25) is 0 Å². The number of carboxylic acids is 1. The highest BCUT2D eigenvalue weighted by molar-refractivity contribution is 5.88. The van der Waals surface area contributed by atoms with E-state index in [1.54, 1.807) is 0 Å². The summed E-state index contributed by atoms with van der Waals surface area (Å²) in [4.78, 5) is 10.8. The molecule has 0 aliphatic carbocycles. The summed E-state index contributed by atoms with van der Waals surface area (Å²) in [5, 5.41) is 12.2. The number of hydrogen-bond donors (Lipinski definition) is 2. The first-order valence-corrected chi connectivity index (χ1v) is 4.38. The van der Waals surface area contributed by atoms with Gasteiger partial charge in [0.2, 0.25) is 0 Å². The van der Waals surface area contributed by atoms with E-state index in [0.29, 0.717) is 17.5 Å². The van der Waals surface area contributed by atoms with E-state index < -0.39 is 5.97 Å². The molecule has 0 saturated carbocycles. The second kappa shape index (κ2) is 2.59. The highest BCUT2D eigenvalue weighted by Crippen LogP contribution is 2.31. The smallest absolute Gasteiger partial charge is 0.332 e. The van der Waals surface area contributed by atoms with Gasteiger partial charge in [-0.15, -0.1) is 0 Å². The van der Waals surface area contributed by atoms with Crippen LogP contribution in [0, 0.1) is 5.92 Å². The van der Waals surface area contributed by atoms with Gasteiger partial charge in [0.05, 0.1) is 5.57 Å². The van der Waals surface area contributed by atoms with Gasteiger partial charge >= 0.3 is 5.97 Å². The molecule has 0 aromatic carbocycles. The van der Waals surface area contributed by atoms with E-state index in [1.165, 1.54) is 0 Å². The molecule has 1 fully saturated rings. The molecule has 66 valence electrons. The van der Waals surface area contributed by atoms with Crippen molar-refractivity contribution in [2.45, 2.75) is 31.8 Å². The summed E-state index contributed by atoms with van der Waals surface area (Å²) in [5.74, 6) is -0.292. The number of hydrogen-bond acceptors (Lipinski definition) is 2. The third kappa shape index (κ3) is 1.05. The monoisotopic (exact) mass is 167 g/mol. The molecule has 0 radical (unpaired) electrons. The van der Waals surface area contributed by atoms with Crippen LogP contribution in [0.15, 0.2) is 11.6 Å². The van der Waals surface area contributed by atoms with Crippen molar-refractivity contribution in [1.82, 2.24) is 5.32 Å². The molecule has 3 unspecified atom stereocenters. The molecule has 2 N–H and O–H groups in total. The standard InChI is InChI=1S/C9H13NO2/c1-5-4-6-2-3-7(9(11)12)8(5)10-6/h3,5-6,8,10H,2,4H2,1H3,(H,11,12). The van der Waals surface area contributed by atoms with E-state index in [9.17, 15) is 4.79 Å². The number of aliphatic carboxylic acids is 1. The van der Waals surface area contributed by atoms with Gasteiger partial charge in [0.1, 0.15) is 0 Å². The summed E-state index contributed by atoms with van der Waals surface area (Å²) in [6, 6.07) is 0.620. The second-order valence-electron chi connectivity index (χ2n) is 3.75. The van der Waals surface area contributed by atoms with Gasteiger partial charge in [0.15, 0.2) is 0 Å². The van der Waals surface area contributed by atoms with Gasteiger partial charge in [-0.05, 0) is 18.8 Å². The number of carboxylic acid groups (broad SMARTS) is 1. The Labute approximate surface area is 71.5 Å². The Morgan fingerprint density at radius 3 is 3.17 bits per heavy atom. The van der Waals surface area contributed by atoms with Crippen molar-refractivity contribution < 1.29 is 9.90 Å². The molecular formula is C9H13NO2. The number of fused-ring (bicyclic) bond motifs is 2. The van der Waals surface area contributed by atoms with E-state index in [4.69, 9.17) is 5.11 Å². The molecule has 3 atom stereocenters. The topological polar surface area (TPSA) is 49.3 Å². The Balaban J connectivity index is 2.25. The highest BCUT2D eigenvalue weighted by Gasteiger charge is 2.37. The molecule has 12 heavy (non-hydrogen) atoms. The van der Waals surface area contributed by atoms with Gasteiger partial charge in [0, 0.05) is 12.1 Å². The molecule has 3 heteroatoms. The number of rotatable bonds is 1. The lowest BCUT2D eigenvalue weighted by Crippen LogP contribution is -2.38. The van der Waals surface area contributed by atoms with Crippen molar-refractivity contribution in [1.29, 1.82) is 0 Å². The average molecular weight is 167 g/mol. The van der Waals surface area contributed by atoms with Crippen LogP contribution in [0.25, 0.3) is 0 Å². The molecule has 1 saturated heterocycles. The third-order valence-corrected chi connectivity index (χ3v) is 2.84. The van der Waals surface area contributed by atoms with Crippen LogP contribution in [0.1, 0.15) is 19.8 Å². The Morgan fingerprint density at radius 1 is 1.75 bits per heavy atom. The highest BCUT2D eigenvalue weighted by atomic mass is 16.4. The number of nitrogens with one attached hydrogen (secondary N) is 1. The normalized spacial score (nSPS) is 39.4. The maximum absolute atomic E-state index is 10.8. The largest absolute Gasteiger partial charge is 0.478 e. The first kappa shape index (κ1) is 7.80. The summed E-state index contributed by atoms with van der Waals surface area (Å²) < 4.78 is 0. The van der Waals surface area contributed by atoms with Crippen molar-refractivity contribution in [3.8, 4) is 0 Å². The van der Waals surface area contributed by atoms with Crippen LogP contribution in [-0.4, -0.2) is 23.2 Å². The molecule has 3 nitrogen and oxygen atoms in total. The molecule has 2 rings (SSSR count). The predicted octanol–water partition coefficient (Wildman–Crippen LogP) is 0.768. The Morgan fingerprint density at radius 2 is 2.50 bits per heavy atom. The lowest BCUT2D eigenvalue weighted by molar-refractivity contribution is -0.133. The van der Waals surface area contributed by atoms with Gasteiger partial charge in [0.25, 0.3) is 0 Å². The Bertz CT molecular complexity index is 247. The summed E-state index contributed by atoms with van der Waals surface area (Å²) in [5.41, 5.74) is 0.566. The predicted molar refractivity (Wildman–Crippen MR) is 44.8 cm³/mol. The fourth-order valence-electron chi connectivity index (χ4n) is 2.25. The van der Waals surface area contributed by atoms with Crippen LogP contribution < -0.4 is 5.32 Å². The van der Waals surface area contributed by atoms with E-state index >= 15 is 0 Å². The van der Waals surface area contributed by atoms with E-state index in [1.807, 2.05) is 6.08 Å². The second-order valence-corrected chi connectivity index (χ2v) is 3.75. The van der Waals surface area contributed by atoms with Gasteiger partial charge < -0.3 is 10.4 Å². The first-order valence-electron chi connectivity index (χ1n) is 4.38. The fourth-order valence-corrected chi connectivity index (χ4v) is 2.25. The van der Waals surface area contributed by atoms with Crippen LogP contribution >= 0.6 is 0 Å². The molecule has 0 aromatic heterocycles. The SMILES string of the molecule is CC1CC2CC=C(C(=O)O)C1N2. The summed E-state index contributed by atoms with van der Waals surface area (Å²) in [6.07, 6.45) is 3.86. The van der Waals surface area contributed by atoms with Crippen molar-refractivity contribution >= 4 is 5.97 Å². The molecule has 0 aromatic rings. The van der Waals surface area contributed by atoms with Crippen molar-refractivity contribution in [3.05, 3.63) is 11.6 Å². The zero-order valence-corrected chi connectivity index (χ0v) is 7.08. The maximum atomic E-state index is 10.8. The Hall–Kier alpha value is -0.830. The molecule has 2 aliphatic rings. The lowest BCUT2D eigenvalue weighted by Gasteiger charge is -2.21. The van der Waals surface area contributed by atoms with Gasteiger partial charge in [-0.25, -0.2) is 4.79 Å². The van der Waals surface area contributed by atoms with Crippen LogP contribution in [0.3, 0.4) is 0 Å². The first-order chi connectivity index (χ1) is 5.68. The summed E-state index contributed by atoms with van der Waals surface area (Å²) in [7, 11) is 0. The van der Waals surface area contributed by atoms with E-state index in [0.717, 1.165) is 12.8 Å². The summed E-state index contributed by atoms with van der Waals surface area (Å²) in [6.45, 7) is 2.11. The number of carbonyl (C=O) groups is 1. The van der Waals surface area contributed by atoms with E-state index in [2.05, 4.69) is 12.2 Å².